The van der Waals surface area contributed by atoms with Gasteiger partial charge in [-0.15, -0.1) is 0 Å². The van der Waals surface area contributed by atoms with E-state index in [9.17, 15) is 4.79 Å². The molecule has 5 unspecified atom stereocenters. The number of amides is 1. The van der Waals surface area contributed by atoms with Crippen LogP contribution in [0, 0.1) is 17.8 Å². The molecule has 2 bridgehead atoms. The molecule has 102 valence electrons. The fraction of sp³-hybridized carbons (Fsp3) is 0.929. The van der Waals surface area contributed by atoms with Crippen molar-refractivity contribution in [2.75, 3.05) is 20.2 Å². The molecule has 0 aromatic rings. The van der Waals surface area contributed by atoms with Crippen molar-refractivity contribution in [2.24, 2.45) is 17.8 Å². The molecule has 0 radical (unpaired) electrons. The molecule has 2 aliphatic carbocycles. The largest absolute Gasteiger partial charge is 0.380 e. The average Bonchev–Trinajstić information content (AvgIpc) is 3.10. The Labute approximate surface area is 109 Å². The zero-order valence-corrected chi connectivity index (χ0v) is 11.2. The van der Waals surface area contributed by atoms with Crippen LogP contribution >= 0.6 is 0 Å². The molecule has 4 heteroatoms. The van der Waals surface area contributed by atoms with E-state index in [1.165, 1.54) is 25.7 Å². The Balaban J connectivity index is 1.42. The first-order valence-corrected chi connectivity index (χ1v) is 7.30. The van der Waals surface area contributed by atoms with E-state index in [0.717, 1.165) is 37.3 Å². The molecule has 4 nitrogen and oxygen atoms in total. The number of carbonyl (C=O) groups excluding carboxylic acids is 1. The molecule has 1 saturated heterocycles. The van der Waals surface area contributed by atoms with Crippen LogP contribution in [0.3, 0.4) is 0 Å². The van der Waals surface area contributed by atoms with Crippen molar-refractivity contribution in [3.8, 4) is 0 Å². The fourth-order valence-corrected chi connectivity index (χ4v) is 4.06. The molecular formula is C14H24N2O2. The first kappa shape index (κ1) is 12.4. The number of methoxy groups -OCH3 is 1. The van der Waals surface area contributed by atoms with Gasteiger partial charge in [0.15, 0.2) is 0 Å². The summed E-state index contributed by atoms with van der Waals surface area (Å²) in [5.74, 6) is 2.75. The van der Waals surface area contributed by atoms with E-state index in [4.69, 9.17) is 4.74 Å². The molecule has 0 aromatic carbocycles. The molecule has 1 amide bonds. The van der Waals surface area contributed by atoms with Crippen molar-refractivity contribution in [2.45, 2.75) is 44.2 Å². The molecule has 0 spiro atoms. The number of rotatable bonds is 4. The third-order valence-corrected chi connectivity index (χ3v) is 5.16. The van der Waals surface area contributed by atoms with Crippen molar-refractivity contribution in [1.29, 1.82) is 0 Å². The van der Waals surface area contributed by atoms with Gasteiger partial charge in [-0.3, -0.25) is 4.79 Å². The van der Waals surface area contributed by atoms with Gasteiger partial charge < -0.3 is 15.4 Å². The normalized spacial score (nSPS) is 42.4. The molecule has 1 heterocycles. The first-order chi connectivity index (χ1) is 8.76. The van der Waals surface area contributed by atoms with Crippen molar-refractivity contribution >= 4 is 5.91 Å². The summed E-state index contributed by atoms with van der Waals surface area (Å²) in [6.45, 7) is 1.68. The smallest absolute Gasteiger partial charge is 0.237 e. The van der Waals surface area contributed by atoms with Gasteiger partial charge in [0.1, 0.15) is 0 Å². The van der Waals surface area contributed by atoms with Crippen LogP contribution in [-0.2, 0) is 9.53 Å². The molecule has 2 saturated carbocycles. The van der Waals surface area contributed by atoms with Crippen LogP contribution in [0.25, 0.3) is 0 Å². The van der Waals surface area contributed by atoms with E-state index in [0.29, 0.717) is 0 Å². The second-order valence-electron chi connectivity index (χ2n) is 6.23. The van der Waals surface area contributed by atoms with E-state index in [2.05, 4.69) is 10.6 Å². The second-order valence-corrected chi connectivity index (χ2v) is 6.23. The first-order valence-electron chi connectivity index (χ1n) is 7.30. The molecule has 3 aliphatic rings. The lowest BCUT2D eigenvalue weighted by molar-refractivity contribution is -0.123. The highest BCUT2D eigenvalue weighted by molar-refractivity contribution is 5.82. The van der Waals surface area contributed by atoms with Gasteiger partial charge in [0.2, 0.25) is 5.91 Å². The Bertz CT molecular complexity index is 321. The summed E-state index contributed by atoms with van der Waals surface area (Å²) < 4.78 is 5.27. The molecule has 1 aliphatic heterocycles. The Morgan fingerprint density at radius 3 is 2.83 bits per heavy atom. The minimum absolute atomic E-state index is 0.0476. The van der Waals surface area contributed by atoms with Gasteiger partial charge in [0, 0.05) is 20.2 Å². The van der Waals surface area contributed by atoms with Crippen LogP contribution < -0.4 is 10.6 Å². The van der Waals surface area contributed by atoms with Crippen LogP contribution in [0.15, 0.2) is 0 Å². The predicted molar refractivity (Wildman–Crippen MR) is 69.2 cm³/mol. The van der Waals surface area contributed by atoms with Crippen LogP contribution in [-0.4, -0.2) is 38.3 Å². The van der Waals surface area contributed by atoms with Crippen LogP contribution in [0.5, 0.6) is 0 Å². The van der Waals surface area contributed by atoms with Gasteiger partial charge in [-0.1, -0.05) is 6.42 Å². The summed E-state index contributed by atoms with van der Waals surface area (Å²) in [6, 6.07) is -0.0476. The van der Waals surface area contributed by atoms with E-state index < -0.39 is 0 Å². The number of hydrogen-bond donors (Lipinski definition) is 2. The monoisotopic (exact) mass is 252 g/mol. The highest BCUT2D eigenvalue weighted by Crippen LogP contribution is 2.47. The summed E-state index contributed by atoms with van der Waals surface area (Å²) >= 11 is 0. The van der Waals surface area contributed by atoms with Gasteiger partial charge >= 0.3 is 0 Å². The lowest BCUT2D eigenvalue weighted by Gasteiger charge is -2.22. The second kappa shape index (κ2) is 5.17. The van der Waals surface area contributed by atoms with E-state index >= 15 is 0 Å². The Morgan fingerprint density at radius 2 is 2.22 bits per heavy atom. The van der Waals surface area contributed by atoms with Crippen molar-refractivity contribution in [1.82, 2.24) is 10.6 Å². The lowest BCUT2D eigenvalue weighted by Crippen LogP contribution is -2.42. The molecular weight excluding hydrogens is 228 g/mol. The minimum atomic E-state index is -0.0476. The summed E-state index contributed by atoms with van der Waals surface area (Å²) in [5, 5.41) is 6.37. The molecule has 0 aromatic heterocycles. The summed E-state index contributed by atoms with van der Waals surface area (Å²) in [5.41, 5.74) is 0. The molecule has 2 N–H and O–H groups in total. The molecule has 3 fully saturated rings. The zero-order valence-electron chi connectivity index (χ0n) is 11.2. The fourth-order valence-electron chi connectivity index (χ4n) is 4.06. The highest BCUT2D eigenvalue weighted by Gasteiger charge is 2.39. The number of carbonyl (C=O) groups is 1. The number of nitrogens with one attached hydrogen (secondary N) is 2. The maximum absolute atomic E-state index is 12.0. The molecule has 18 heavy (non-hydrogen) atoms. The standard InChI is InChI=1S/C14H24N2O2/c1-18-12-6-13(15-8-12)14(17)16-7-11-5-9-2-3-10(11)4-9/h9-13,15H,2-8H2,1H3,(H,16,17). The van der Waals surface area contributed by atoms with Gasteiger partial charge in [0.05, 0.1) is 12.1 Å². The SMILES string of the molecule is COC1CNC(C(=O)NCC2CC3CCC2C3)C1. The highest BCUT2D eigenvalue weighted by atomic mass is 16.5. The van der Waals surface area contributed by atoms with Crippen LogP contribution in [0.4, 0.5) is 0 Å². The summed E-state index contributed by atoms with van der Waals surface area (Å²) in [4.78, 5) is 12.0. The minimum Gasteiger partial charge on any atom is -0.380 e. The van der Waals surface area contributed by atoms with Gasteiger partial charge in [-0.2, -0.15) is 0 Å². The maximum Gasteiger partial charge on any atom is 0.237 e. The van der Waals surface area contributed by atoms with Crippen LogP contribution in [0.1, 0.15) is 32.1 Å². The van der Waals surface area contributed by atoms with E-state index in [-0.39, 0.29) is 18.1 Å². The van der Waals surface area contributed by atoms with Gasteiger partial charge in [-0.25, -0.2) is 0 Å². The Kier molecular flexibility index (Phi) is 3.57. The topological polar surface area (TPSA) is 50.4 Å². The Morgan fingerprint density at radius 1 is 1.33 bits per heavy atom. The van der Waals surface area contributed by atoms with Crippen molar-refractivity contribution in [3.63, 3.8) is 0 Å². The average molecular weight is 252 g/mol. The Hall–Kier alpha value is -0.610. The molecule has 3 rings (SSSR count). The van der Waals surface area contributed by atoms with Crippen LogP contribution in [0.2, 0.25) is 0 Å². The summed E-state index contributed by atoms with van der Waals surface area (Å²) in [7, 11) is 1.71. The zero-order chi connectivity index (χ0) is 12.5. The maximum atomic E-state index is 12.0. The predicted octanol–water partition coefficient (Wildman–Crippen LogP) is 0.916. The lowest BCUT2D eigenvalue weighted by atomic mass is 9.89. The number of fused-ring (bicyclic) bond motifs is 2. The van der Waals surface area contributed by atoms with E-state index in [1.54, 1.807) is 7.11 Å². The third-order valence-electron chi connectivity index (χ3n) is 5.16. The molecule has 5 atom stereocenters. The number of hydrogen-bond acceptors (Lipinski definition) is 3. The van der Waals surface area contributed by atoms with E-state index in [1.807, 2.05) is 0 Å². The van der Waals surface area contributed by atoms with Gasteiger partial charge in [-0.05, 0) is 43.4 Å². The third kappa shape index (κ3) is 2.41. The number of ether oxygens (including phenoxy) is 1. The quantitative estimate of drug-likeness (QED) is 0.782. The van der Waals surface area contributed by atoms with Crippen molar-refractivity contribution < 1.29 is 9.53 Å². The van der Waals surface area contributed by atoms with Crippen molar-refractivity contribution in [3.05, 3.63) is 0 Å². The van der Waals surface area contributed by atoms with Gasteiger partial charge in [0.25, 0.3) is 0 Å². The summed E-state index contributed by atoms with van der Waals surface area (Å²) in [6.07, 6.45) is 6.56.